The highest BCUT2D eigenvalue weighted by atomic mass is 35.5. The number of halogens is 2. The number of nitrogens with zero attached hydrogens (tertiary/aromatic N) is 2. The molecule has 0 bridgehead atoms. The monoisotopic (exact) mass is 603 g/mol. The number of nitrogens with one attached hydrogen (secondary N) is 1. The lowest BCUT2D eigenvalue weighted by molar-refractivity contribution is -0.139. The molecule has 0 spiro atoms. The maximum atomic E-state index is 14.0. The lowest BCUT2D eigenvalue weighted by Gasteiger charge is -2.33. The molecule has 0 saturated carbocycles. The van der Waals surface area contributed by atoms with Gasteiger partial charge in [0, 0.05) is 17.1 Å². The van der Waals surface area contributed by atoms with Gasteiger partial charge in [0.25, 0.3) is 10.0 Å². The Bertz CT molecular complexity index is 1440. The molecule has 10 heteroatoms. The average molecular weight is 605 g/mol. The molecular formula is C30H35Cl2N3O4S. The van der Waals surface area contributed by atoms with E-state index in [2.05, 4.69) is 5.32 Å². The number of benzene rings is 3. The summed E-state index contributed by atoms with van der Waals surface area (Å²) in [6.45, 7) is 8.65. The van der Waals surface area contributed by atoms with E-state index in [1.54, 1.807) is 19.1 Å². The zero-order chi connectivity index (χ0) is 29.7. The molecule has 3 rings (SSSR count). The molecule has 0 aliphatic rings. The summed E-state index contributed by atoms with van der Waals surface area (Å²) < 4.78 is 28.8. The zero-order valence-electron chi connectivity index (χ0n) is 23.3. The van der Waals surface area contributed by atoms with E-state index in [1.807, 2.05) is 58.0 Å². The van der Waals surface area contributed by atoms with Crippen molar-refractivity contribution < 1.29 is 18.0 Å². The van der Waals surface area contributed by atoms with Gasteiger partial charge in [-0.3, -0.25) is 13.9 Å². The number of aryl methyl sites for hydroxylation is 1. The first kappa shape index (κ1) is 31.5. The number of rotatable bonds is 10. The predicted molar refractivity (Wildman–Crippen MR) is 161 cm³/mol. The van der Waals surface area contributed by atoms with Gasteiger partial charge in [-0.1, -0.05) is 71.2 Å². The molecule has 2 amide bonds. The van der Waals surface area contributed by atoms with Crippen LogP contribution in [-0.2, 0) is 26.0 Å². The number of sulfonamides is 1. The number of hydrogen-bond donors (Lipinski definition) is 1. The lowest BCUT2D eigenvalue weighted by atomic mass is 10.1. The molecular weight excluding hydrogens is 569 g/mol. The minimum Gasteiger partial charge on any atom is -0.350 e. The van der Waals surface area contributed by atoms with E-state index < -0.39 is 34.1 Å². The summed E-state index contributed by atoms with van der Waals surface area (Å²) in [6, 6.07) is 19.4. The fourth-order valence-corrected chi connectivity index (χ4v) is 5.93. The summed E-state index contributed by atoms with van der Waals surface area (Å²) in [4.78, 5) is 28.5. The van der Waals surface area contributed by atoms with Gasteiger partial charge in [-0.15, -0.1) is 0 Å². The van der Waals surface area contributed by atoms with Crippen molar-refractivity contribution >= 4 is 50.7 Å². The van der Waals surface area contributed by atoms with Crippen LogP contribution in [0.1, 0.15) is 38.8 Å². The third kappa shape index (κ3) is 8.22. The quantitative estimate of drug-likeness (QED) is 0.314. The van der Waals surface area contributed by atoms with Crippen LogP contribution in [0.5, 0.6) is 0 Å². The van der Waals surface area contributed by atoms with Gasteiger partial charge in [0.2, 0.25) is 11.8 Å². The Labute approximate surface area is 247 Å². The van der Waals surface area contributed by atoms with Crippen LogP contribution in [0.4, 0.5) is 5.69 Å². The van der Waals surface area contributed by atoms with Crippen molar-refractivity contribution in [2.45, 2.75) is 57.5 Å². The summed E-state index contributed by atoms with van der Waals surface area (Å²) in [7, 11) is -4.24. The summed E-state index contributed by atoms with van der Waals surface area (Å²) in [5.41, 5.74) is 1.41. The molecule has 214 valence electrons. The minimum absolute atomic E-state index is 0.00342. The van der Waals surface area contributed by atoms with Crippen molar-refractivity contribution in [2.24, 2.45) is 0 Å². The van der Waals surface area contributed by atoms with Gasteiger partial charge in [-0.05, 0) is 76.9 Å². The van der Waals surface area contributed by atoms with Gasteiger partial charge in [-0.2, -0.15) is 0 Å². The molecule has 1 atom stereocenters. The molecule has 0 aromatic heterocycles. The average Bonchev–Trinajstić information content (AvgIpc) is 2.88. The number of amides is 2. The van der Waals surface area contributed by atoms with Crippen LogP contribution in [0, 0.1) is 6.92 Å². The molecule has 3 aromatic rings. The van der Waals surface area contributed by atoms with E-state index in [1.165, 1.54) is 35.2 Å². The van der Waals surface area contributed by atoms with Crippen LogP contribution in [0.3, 0.4) is 0 Å². The molecule has 40 heavy (non-hydrogen) atoms. The summed E-state index contributed by atoms with van der Waals surface area (Å²) >= 11 is 12.7. The smallest absolute Gasteiger partial charge is 0.264 e. The Balaban J connectivity index is 2.03. The van der Waals surface area contributed by atoms with Crippen molar-refractivity contribution in [1.82, 2.24) is 10.2 Å². The van der Waals surface area contributed by atoms with Crippen molar-refractivity contribution in [3.63, 3.8) is 0 Å². The van der Waals surface area contributed by atoms with Crippen molar-refractivity contribution in [2.75, 3.05) is 17.4 Å². The van der Waals surface area contributed by atoms with E-state index >= 15 is 0 Å². The predicted octanol–water partition coefficient (Wildman–Crippen LogP) is 5.87. The molecule has 0 saturated heterocycles. The Hall–Kier alpha value is -3.07. The number of carbonyl (C=O) groups excluding carboxylic acids is 2. The molecule has 0 aliphatic heterocycles. The Morgan fingerprint density at radius 1 is 0.950 bits per heavy atom. The maximum Gasteiger partial charge on any atom is 0.264 e. The summed E-state index contributed by atoms with van der Waals surface area (Å²) in [6.07, 6.45) is 0.475. The third-order valence-electron chi connectivity index (χ3n) is 6.21. The molecule has 0 heterocycles. The fourth-order valence-electron chi connectivity index (χ4n) is 4.07. The second-order valence-electron chi connectivity index (χ2n) is 10.7. The van der Waals surface area contributed by atoms with E-state index in [9.17, 15) is 18.0 Å². The first-order valence-corrected chi connectivity index (χ1v) is 15.1. The Morgan fingerprint density at radius 2 is 1.57 bits per heavy atom. The summed E-state index contributed by atoms with van der Waals surface area (Å²) in [5.74, 6) is -0.901. The first-order valence-electron chi connectivity index (χ1n) is 12.9. The second-order valence-corrected chi connectivity index (χ2v) is 13.4. The highest BCUT2D eigenvalue weighted by Gasteiger charge is 2.34. The Kier molecular flexibility index (Phi) is 10.3. The van der Waals surface area contributed by atoms with Gasteiger partial charge in [-0.25, -0.2) is 8.42 Å². The molecule has 0 fully saturated rings. The van der Waals surface area contributed by atoms with Crippen molar-refractivity contribution in [1.29, 1.82) is 0 Å². The molecule has 0 aliphatic carbocycles. The first-order chi connectivity index (χ1) is 18.7. The SMILES string of the molecule is Cc1ccc(S(=O)(=O)N(CC(=O)N(CCc2ccccc2)[C@@H](C)C(=O)NC(C)(C)C)c2cc(Cl)ccc2Cl)cc1. The van der Waals surface area contributed by atoms with Crippen molar-refractivity contribution in [3.8, 4) is 0 Å². The van der Waals surface area contributed by atoms with Gasteiger partial charge in [0.1, 0.15) is 12.6 Å². The summed E-state index contributed by atoms with van der Waals surface area (Å²) in [5, 5.41) is 3.28. The number of carbonyl (C=O) groups is 2. The van der Waals surface area contributed by atoms with Gasteiger partial charge < -0.3 is 10.2 Å². The van der Waals surface area contributed by atoms with Crippen LogP contribution >= 0.6 is 23.2 Å². The standard InChI is InChI=1S/C30H35Cl2N3O4S/c1-21-11-14-25(15-12-21)40(38,39)35(27-19-24(31)13-16-26(27)32)20-28(36)34(18-17-23-9-7-6-8-10-23)22(2)29(37)33-30(3,4)5/h6-16,19,22H,17-18,20H2,1-5H3,(H,33,37)/t22-/m0/s1. The van der Waals surface area contributed by atoms with E-state index in [0.717, 1.165) is 15.4 Å². The third-order valence-corrected chi connectivity index (χ3v) is 8.54. The van der Waals surface area contributed by atoms with Gasteiger partial charge >= 0.3 is 0 Å². The van der Waals surface area contributed by atoms with Crippen LogP contribution in [0.2, 0.25) is 10.0 Å². The topological polar surface area (TPSA) is 86.8 Å². The molecule has 0 radical (unpaired) electrons. The molecule has 3 aromatic carbocycles. The lowest BCUT2D eigenvalue weighted by Crippen LogP contribution is -2.55. The van der Waals surface area contributed by atoms with E-state index in [-0.39, 0.29) is 33.1 Å². The van der Waals surface area contributed by atoms with Crippen LogP contribution in [-0.4, -0.2) is 49.8 Å². The number of anilines is 1. The maximum absolute atomic E-state index is 14.0. The highest BCUT2D eigenvalue weighted by Crippen LogP contribution is 2.33. The van der Waals surface area contributed by atoms with E-state index in [0.29, 0.717) is 6.42 Å². The highest BCUT2D eigenvalue weighted by molar-refractivity contribution is 7.92. The fraction of sp³-hybridized carbons (Fsp3) is 0.333. The van der Waals surface area contributed by atoms with Crippen LogP contribution in [0.25, 0.3) is 0 Å². The molecule has 7 nitrogen and oxygen atoms in total. The second kappa shape index (κ2) is 13.1. The zero-order valence-corrected chi connectivity index (χ0v) is 25.6. The molecule has 0 unspecified atom stereocenters. The number of hydrogen-bond acceptors (Lipinski definition) is 4. The van der Waals surface area contributed by atoms with Crippen LogP contribution in [0.15, 0.2) is 77.7 Å². The van der Waals surface area contributed by atoms with E-state index in [4.69, 9.17) is 23.2 Å². The largest absolute Gasteiger partial charge is 0.350 e. The molecule has 1 N–H and O–H groups in total. The van der Waals surface area contributed by atoms with Gasteiger partial charge in [0.05, 0.1) is 15.6 Å². The van der Waals surface area contributed by atoms with Crippen LogP contribution < -0.4 is 9.62 Å². The normalized spacial score (nSPS) is 12.5. The van der Waals surface area contributed by atoms with Crippen molar-refractivity contribution in [3.05, 3.63) is 94.0 Å². The van der Waals surface area contributed by atoms with Gasteiger partial charge in [0.15, 0.2) is 0 Å². The Morgan fingerprint density at radius 3 is 2.17 bits per heavy atom. The minimum atomic E-state index is -4.24.